The van der Waals surface area contributed by atoms with Gasteiger partial charge in [0.05, 0.1) is 4.90 Å². The minimum Gasteiger partial charge on any atom is -0.489 e. The highest BCUT2D eigenvalue weighted by Gasteiger charge is 2.17. The number of ether oxygens (including phenoxy) is 1. The summed E-state index contributed by atoms with van der Waals surface area (Å²) in [5, 5.41) is 0. The zero-order valence-electron chi connectivity index (χ0n) is 13.3. The van der Waals surface area contributed by atoms with Crippen molar-refractivity contribution >= 4 is 10.0 Å². The molecular formula is C17H21NO3S. The van der Waals surface area contributed by atoms with E-state index in [2.05, 4.69) is 6.07 Å². The molecule has 0 spiro atoms. The van der Waals surface area contributed by atoms with Crippen molar-refractivity contribution in [2.24, 2.45) is 0 Å². The fourth-order valence-corrected chi connectivity index (χ4v) is 3.16. The summed E-state index contributed by atoms with van der Waals surface area (Å²) >= 11 is 0. The van der Waals surface area contributed by atoms with E-state index in [1.54, 1.807) is 18.2 Å². The van der Waals surface area contributed by atoms with Gasteiger partial charge >= 0.3 is 0 Å². The standard InChI is InChI=1S/C17H21NO3S/c1-13-8-14(2)10-16(9-13)21-12-15-6-5-7-17(11-15)22(19,20)18(3)4/h5-11H,12H2,1-4H3. The van der Waals surface area contributed by atoms with E-state index in [9.17, 15) is 8.42 Å². The van der Waals surface area contributed by atoms with Gasteiger partial charge in [0, 0.05) is 14.1 Å². The van der Waals surface area contributed by atoms with E-state index in [0.29, 0.717) is 6.61 Å². The van der Waals surface area contributed by atoms with Crippen LogP contribution in [-0.2, 0) is 16.6 Å². The predicted octanol–water partition coefficient (Wildman–Crippen LogP) is 3.13. The van der Waals surface area contributed by atoms with Crippen molar-refractivity contribution in [3.63, 3.8) is 0 Å². The molecule has 118 valence electrons. The van der Waals surface area contributed by atoms with Gasteiger partial charge in [-0.3, -0.25) is 0 Å². The Labute approximate surface area is 132 Å². The molecule has 5 heteroatoms. The average Bonchev–Trinajstić information content (AvgIpc) is 2.44. The van der Waals surface area contributed by atoms with Gasteiger partial charge in [-0.25, -0.2) is 12.7 Å². The third kappa shape index (κ3) is 3.87. The summed E-state index contributed by atoms with van der Waals surface area (Å²) in [6.45, 7) is 4.37. The molecule has 2 rings (SSSR count). The van der Waals surface area contributed by atoms with E-state index >= 15 is 0 Å². The van der Waals surface area contributed by atoms with Crippen molar-refractivity contribution < 1.29 is 13.2 Å². The largest absolute Gasteiger partial charge is 0.489 e. The SMILES string of the molecule is Cc1cc(C)cc(OCc2cccc(S(=O)(=O)N(C)C)c2)c1. The first kappa shape index (κ1) is 16.5. The fourth-order valence-electron chi connectivity index (χ4n) is 2.19. The molecule has 4 nitrogen and oxygen atoms in total. The normalized spacial score (nSPS) is 11.7. The molecule has 0 saturated heterocycles. The van der Waals surface area contributed by atoms with Crippen LogP contribution in [-0.4, -0.2) is 26.8 Å². The van der Waals surface area contributed by atoms with E-state index in [4.69, 9.17) is 4.74 Å². The Morgan fingerprint density at radius 1 is 1.00 bits per heavy atom. The lowest BCUT2D eigenvalue weighted by Gasteiger charge is -2.13. The molecule has 0 aliphatic heterocycles. The van der Waals surface area contributed by atoms with Crippen LogP contribution >= 0.6 is 0 Å². The molecule has 0 radical (unpaired) electrons. The van der Waals surface area contributed by atoms with Gasteiger partial charge in [0.25, 0.3) is 0 Å². The van der Waals surface area contributed by atoms with Crippen molar-refractivity contribution in [2.45, 2.75) is 25.3 Å². The van der Waals surface area contributed by atoms with Gasteiger partial charge in [0.2, 0.25) is 10.0 Å². The molecule has 0 bridgehead atoms. The van der Waals surface area contributed by atoms with Gasteiger partial charge in [-0.1, -0.05) is 18.2 Å². The van der Waals surface area contributed by atoms with Crippen LogP contribution in [0.3, 0.4) is 0 Å². The highest BCUT2D eigenvalue weighted by molar-refractivity contribution is 7.89. The highest BCUT2D eigenvalue weighted by Crippen LogP contribution is 2.19. The third-order valence-electron chi connectivity index (χ3n) is 3.28. The fraction of sp³-hybridized carbons (Fsp3) is 0.294. The van der Waals surface area contributed by atoms with Crippen molar-refractivity contribution in [3.8, 4) is 5.75 Å². The van der Waals surface area contributed by atoms with Crippen molar-refractivity contribution in [3.05, 3.63) is 59.2 Å². The maximum Gasteiger partial charge on any atom is 0.242 e. The Kier molecular flexibility index (Phi) is 4.88. The second-order valence-electron chi connectivity index (χ2n) is 5.55. The topological polar surface area (TPSA) is 46.6 Å². The van der Waals surface area contributed by atoms with Gasteiger partial charge in [-0.05, 0) is 54.8 Å². The first-order valence-corrected chi connectivity index (χ1v) is 8.45. The number of hydrogen-bond donors (Lipinski definition) is 0. The van der Waals surface area contributed by atoms with Crippen LogP contribution in [0.25, 0.3) is 0 Å². The van der Waals surface area contributed by atoms with Crippen molar-refractivity contribution in [2.75, 3.05) is 14.1 Å². The first-order chi connectivity index (χ1) is 10.3. The maximum atomic E-state index is 12.1. The predicted molar refractivity (Wildman–Crippen MR) is 87.6 cm³/mol. The zero-order valence-corrected chi connectivity index (χ0v) is 14.1. The molecule has 0 aliphatic carbocycles. The first-order valence-electron chi connectivity index (χ1n) is 7.01. The third-order valence-corrected chi connectivity index (χ3v) is 5.09. The van der Waals surface area contributed by atoms with Crippen molar-refractivity contribution in [1.29, 1.82) is 0 Å². The van der Waals surface area contributed by atoms with Gasteiger partial charge in [0.15, 0.2) is 0 Å². The van der Waals surface area contributed by atoms with E-state index in [1.807, 2.05) is 32.0 Å². The average molecular weight is 319 g/mol. The van der Waals surface area contributed by atoms with Crippen LogP contribution in [0.1, 0.15) is 16.7 Å². The lowest BCUT2D eigenvalue weighted by Crippen LogP contribution is -2.22. The number of aryl methyl sites for hydroxylation is 2. The molecule has 0 amide bonds. The lowest BCUT2D eigenvalue weighted by atomic mass is 10.1. The maximum absolute atomic E-state index is 12.1. The van der Waals surface area contributed by atoms with E-state index in [0.717, 1.165) is 22.4 Å². The van der Waals surface area contributed by atoms with Gasteiger partial charge < -0.3 is 4.74 Å². The molecule has 0 heterocycles. The van der Waals surface area contributed by atoms with Crippen LogP contribution in [0, 0.1) is 13.8 Å². The Hall–Kier alpha value is -1.85. The highest BCUT2D eigenvalue weighted by atomic mass is 32.2. The molecule has 0 aliphatic rings. The van der Waals surface area contributed by atoms with Crippen LogP contribution in [0.5, 0.6) is 5.75 Å². The molecule has 2 aromatic carbocycles. The van der Waals surface area contributed by atoms with Gasteiger partial charge in [0.1, 0.15) is 12.4 Å². The van der Waals surface area contributed by atoms with E-state index in [1.165, 1.54) is 18.4 Å². The van der Waals surface area contributed by atoms with E-state index in [-0.39, 0.29) is 4.90 Å². The van der Waals surface area contributed by atoms with Crippen LogP contribution in [0.2, 0.25) is 0 Å². The minimum atomic E-state index is -3.42. The molecule has 22 heavy (non-hydrogen) atoms. The zero-order chi connectivity index (χ0) is 16.3. The van der Waals surface area contributed by atoms with Crippen LogP contribution in [0.15, 0.2) is 47.4 Å². The summed E-state index contributed by atoms with van der Waals surface area (Å²) in [6, 6.07) is 12.8. The van der Waals surface area contributed by atoms with Gasteiger partial charge in [-0.15, -0.1) is 0 Å². The lowest BCUT2D eigenvalue weighted by molar-refractivity contribution is 0.305. The number of benzene rings is 2. The Bertz CT molecular complexity index is 747. The molecule has 0 saturated carbocycles. The van der Waals surface area contributed by atoms with E-state index < -0.39 is 10.0 Å². The number of nitrogens with zero attached hydrogens (tertiary/aromatic N) is 1. The van der Waals surface area contributed by atoms with Gasteiger partial charge in [-0.2, -0.15) is 0 Å². The molecule has 0 unspecified atom stereocenters. The molecule has 2 aromatic rings. The monoisotopic (exact) mass is 319 g/mol. The molecular weight excluding hydrogens is 298 g/mol. The molecule has 0 aromatic heterocycles. The summed E-state index contributed by atoms with van der Waals surface area (Å²) in [4.78, 5) is 0.277. The summed E-state index contributed by atoms with van der Waals surface area (Å²) in [6.07, 6.45) is 0. The summed E-state index contributed by atoms with van der Waals surface area (Å²) < 4.78 is 31.2. The quantitative estimate of drug-likeness (QED) is 0.850. The molecule has 0 N–H and O–H groups in total. The van der Waals surface area contributed by atoms with Crippen molar-refractivity contribution in [1.82, 2.24) is 4.31 Å². The summed E-state index contributed by atoms with van der Waals surface area (Å²) in [5.74, 6) is 0.790. The minimum absolute atomic E-state index is 0.277. The number of hydrogen-bond acceptors (Lipinski definition) is 3. The molecule has 0 atom stereocenters. The molecule has 0 fully saturated rings. The smallest absolute Gasteiger partial charge is 0.242 e. The summed E-state index contributed by atoms with van der Waals surface area (Å²) in [5.41, 5.74) is 3.10. The second-order valence-corrected chi connectivity index (χ2v) is 7.70. The number of rotatable bonds is 5. The van der Waals surface area contributed by atoms with Crippen LogP contribution in [0.4, 0.5) is 0 Å². The summed E-state index contributed by atoms with van der Waals surface area (Å²) in [7, 11) is -0.374. The Morgan fingerprint density at radius 2 is 1.64 bits per heavy atom. The second kappa shape index (κ2) is 6.50. The Balaban J connectivity index is 2.18. The number of sulfonamides is 1. The van der Waals surface area contributed by atoms with Crippen LogP contribution < -0.4 is 4.74 Å². The Morgan fingerprint density at radius 3 is 2.23 bits per heavy atom.